The van der Waals surface area contributed by atoms with Crippen LogP contribution in [0.4, 0.5) is 0 Å². The first-order chi connectivity index (χ1) is 8.43. The van der Waals surface area contributed by atoms with E-state index in [0.717, 1.165) is 16.7 Å². The molecule has 18 heavy (non-hydrogen) atoms. The van der Waals surface area contributed by atoms with Crippen LogP contribution >= 0.6 is 0 Å². The maximum atomic E-state index is 12.1. The van der Waals surface area contributed by atoms with Crippen LogP contribution in [0.25, 0.3) is 0 Å². The average Bonchev–Trinajstić information content (AvgIpc) is 2.52. The van der Waals surface area contributed by atoms with Crippen LogP contribution in [0.2, 0.25) is 0 Å². The lowest BCUT2D eigenvalue weighted by Gasteiger charge is -2.17. The predicted octanol–water partition coefficient (Wildman–Crippen LogP) is 1.17. The molecular formula is C13H20N2O2S. The highest BCUT2D eigenvalue weighted by Gasteiger charge is 2.37. The van der Waals surface area contributed by atoms with Crippen molar-refractivity contribution in [2.75, 3.05) is 13.1 Å². The third-order valence-corrected chi connectivity index (χ3v) is 5.69. The average molecular weight is 268 g/mol. The van der Waals surface area contributed by atoms with Crippen molar-refractivity contribution in [2.24, 2.45) is 5.73 Å². The minimum atomic E-state index is -3.19. The van der Waals surface area contributed by atoms with Crippen molar-refractivity contribution in [3.05, 3.63) is 34.9 Å². The molecule has 0 aliphatic carbocycles. The predicted molar refractivity (Wildman–Crippen MR) is 72.7 cm³/mol. The molecule has 2 rings (SSSR count). The van der Waals surface area contributed by atoms with Crippen molar-refractivity contribution < 1.29 is 8.42 Å². The molecule has 1 fully saturated rings. The molecule has 1 aliphatic rings. The zero-order valence-electron chi connectivity index (χ0n) is 10.9. The smallest absolute Gasteiger partial charge is 0.218 e. The first kappa shape index (κ1) is 13.5. The Kier molecular flexibility index (Phi) is 3.75. The molecule has 4 nitrogen and oxygen atoms in total. The Morgan fingerprint density at radius 2 is 1.89 bits per heavy atom. The summed E-state index contributed by atoms with van der Waals surface area (Å²) in [5.74, 6) is 0. The van der Waals surface area contributed by atoms with Crippen molar-refractivity contribution in [3.63, 3.8) is 0 Å². The quantitative estimate of drug-likeness (QED) is 0.895. The van der Waals surface area contributed by atoms with Crippen molar-refractivity contribution in [1.82, 2.24) is 4.31 Å². The highest BCUT2D eigenvalue weighted by Crippen LogP contribution is 2.24. The number of benzene rings is 1. The van der Waals surface area contributed by atoms with Gasteiger partial charge in [-0.15, -0.1) is 0 Å². The highest BCUT2D eigenvalue weighted by molar-refractivity contribution is 7.90. The summed E-state index contributed by atoms with van der Waals surface area (Å²) in [6.45, 7) is 5.31. The molecule has 2 N–H and O–H groups in total. The zero-order chi connectivity index (χ0) is 13.3. The van der Waals surface area contributed by atoms with Gasteiger partial charge >= 0.3 is 0 Å². The van der Waals surface area contributed by atoms with Crippen LogP contribution in [0.15, 0.2) is 18.2 Å². The maximum Gasteiger partial charge on any atom is 0.218 e. The summed E-state index contributed by atoms with van der Waals surface area (Å²) >= 11 is 0. The molecule has 1 atom stereocenters. The minimum Gasteiger partial charge on any atom is -0.329 e. The summed E-state index contributed by atoms with van der Waals surface area (Å²) in [6, 6.07) is 6.17. The number of nitrogens with zero attached hydrogens (tertiary/aromatic N) is 1. The minimum absolute atomic E-state index is 0.214. The fourth-order valence-electron chi connectivity index (χ4n) is 2.55. The summed E-state index contributed by atoms with van der Waals surface area (Å²) in [6.07, 6.45) is 0.642. The molecule has 5 heteroatoms. The molecule has 0 aromatic heterocycles. The van der Waals surface area contributed by atoms with E-state index in [2.05, 4.69) is 6.07 Å². The molecule has 100 valence electrons. The molecule has 1 aromatic rings. The molecule has 0 radical (unpaired) electrons. The van der Waals surface area contributed by atoms with Crippen LogP contribution in [0.1, 0.15) is 23.1 Å². The lowest BCUT2D eigenvalue weighted by molar-refractivity contribution is 0.439. The molecule has 1 aromatic carbocycles. The van der Waals surface area contributed by atoms with Crippen LogP contribution in [0.5, 0.6) is 0 Å². The van der Waals surface area contributed by atoms with Gasteiger partial charge in [0.05, 0.1) is 5.25 Å². The van der Waals surface area contributed by atoms with E-state index in [1.165, 1.54) is 0 Å². The summed E-state index contributed by atoms with van der Waals surface area (Å²) in [4.78, 5) is 0. The number of aryl methyl sites for hydroxylation is 2. The van der Waals surface area contributed by atoms with Crippen LogP contribution in [0.3, 0.4) is 0 Å². The first-order valence-electron chi connectivity index (χ1n) is 6.19. The topological polar surface area (TPSA) is 63.4 Å². The Hall–Kier alpha value is -0.910. The van der Waals surface area contributed by atoms with E-state index in [9.17, 15) is 8.42 Å². The second-order valence-corrected chi connectivity index (χ2v) is 7.23. The number of nitrogens with two attached hydrogens (primary N) is 1. The Balaban J connectivity index is 2.20. The van der Waals surface area contributed by atoms with Crippen molar-refractivity contribution in [2.45, 2.75) is 32.1 Å². The first-order valence-corrected chi connectivity index (χ1v) is 7.70. The van der Waals surface area contributed by atoms with E-state index in [4.69, 9.17) is 5.73 Å². The fraction of sp³-hybridized carbons (Fsp3) is 0.538. The van der Waals surface area contributed by atoms with E-state index in [1.807, 2.05) is 26.0 Å². The third kappa shape index (κ3) is 2.58. The number of rotatable bonds is 3. The number of hydrogen-bond acceptors (Lipinski definition) is 3. The van der Waals surface area contributed by atoms with Crippen LogP contribution < -0.4 is 5.73 Å². The molecule has 1 aliphatic heterocycles. The van der Waals surface area contributed by atoms with Crippen LogP contribution in [-0.2, 0) is 16.6 Å². The second kappa shape index (κ2) is 4.99. The van der Waals surface area contributed by atoms with E-state index < -0.39 is 15.3 Å². The van der Waals surface area contributed by atoms with Gasteiger partial charge in [-0.05, 0) is 25.8 Å². The van der Waals surface area contributed by atoms with E-state index in [1.54, 1.807) is 4.31 Å². The maximum absolute atomic E-state index is 12.1. The van der Waals surface area contributed by atoms with Crippen molar-refractivity contribution >= 4 is 10.0 Å². The molecule has 0 bridgehead atoms. The van der Waals surface area contributed by atoms with E-state index >= 15 is 0 Å². The summed E-state index contributed by atoms with van der Waals surface area (Å²) in [7, 11) is -3.19. The highest BCUT2D eigenvalue weighted by atomic mass is 32.2. The van der Waals surface area contributed by atoms with Gasteiger partial charge in [0.2, 0.25) is 10.0 Å². The fourth-order valence-corrected chi connectivity index (χ4v) is 4.30. The molecule has 0 saturated carbocycles. The van der Waals surface area contributed by atoms with Gasteiger partial charge in [0.25, 0.3) is 0 Å². The van der Waals surface area contributed by atoms with Gasteiger partial charge in [-0.1, -0.05) is 29.3 Å². The van der Waals surface area contributed by atoms with E-state index in [-0.39, 0.29) is 6.54 Å². The largest absolute Gasteiger partial charge is 0.329 e. The van der Waals surface area contributed by atoms with Gasteiger partial charge in [-0.25, -0.2) is 8.42 Å². The second-order valence-electron chi connectivity index (χ2n) is 5.02. The lowest BCUT2D eigenvalue weighted by atomic mass is 10.1. The SMILES string of the molecule is Cc1cc(C)cc(CN2CC[C@@H](CN)S2(=O)=O)c1. The molecule has 0 unspecified atom stereocenters. The summed E-state index contributed by atoms with van der Waals surface area (Å²) in [5.41, 5.74) is 8.88. The Labute approximate surface area is 109 Å². The normalized spacial score (nSPS) is 23.4. The molecule has 1 saturated heterocycles. The van der Waals surface area contributed by atoms with Gasteiger partial charge in [0.1, 0.15) is 0 Å². The van der Waals surface area contributed by atoms with E-state index in [0.29, 0.717) is 19.5 Å². The Bertz CT molecular complexity index is 520. The van der Waals surface area contributed by atoms with Gasteiger partial charge < -0.3 is 5.73 Å². The molecular weight excluding hydrogens is 248 g/mol. The van der Waals surface area contributed by atoms with Gasteiger partial charge in [0, 0.05) is 19.6 Å². The van der Waals surface area contributed by atoms with Gasteiger partial charge in [0.15, 0.2) is 0 Å². The van der Waals surface area contributed by atoms with Crippen molar-refractivity contribution in [1.29, 1.82) is 0 Å². The van der Waals surface area contributed by atoms with Gasteiger partial charge in [-0.3, -0.25) is 0 Å². The number of sulfonamides is 1. The van der Waals surface area contributed by atoms with Crippen LogP contribution in [0, 0.1) is 13.8 Å². The number of hydrogen-bond donors (Lipinski definition) is 1. The summed E-state index contributed by atoms with van der Waals surface area (Å²) < 4.78 is 25.8. The zero-order valence-corrected chi connectivity index (χ0v) is 11.7. The lowest BCUT2D eigenvalue weighted by Crippen LogP contribution is -2.32. The monoisotopic (exact) mass is 268 g/mol. The molecule has 0 amide bonds. The summed E-state index contributed by atoms with van der Waals surface area (Å²) in [5, 5.41) is -0.400. The standard InChI is InChI=1S/C13H20N2O2S/c1-10-5-11(2)7-12(6-10)9-15-4-3-13(8-14)18(15,16)17/h5-7,13H,3-4,8-9,14H2,1-2H3/t13-/m0/s1. The Morgan fingerprint density at radius 3 is 2.39 bits per heavy atom. The van der Waals surface area contributed by atoms with Crippen LogP contribution in [-0.4, -0.2) is 31.1 Å². The molecule has 1 heterocycles. The van der Waals surface area contributed by atoms with Crippen molar-refractivity contribution in [3.8, 4) is 0 Å². The van der Waals surface area contributed by atoms with Gasteiger partial charge in [-0.2, -0.15) is 4.31 Å². The molecule has 0 spiro atoms. The Morgan fingerprint density at radius 1 is 1.28 bits per heavy atom. The third-order valence-electron chi connectivity index (χ3n) is 3.38.